The Morgan fingerprint density at radius 3 is 2.35 bits per heavy atom. The number of hydrogen-bond donors (Lipinski definition) is 1. The molecule has 0 spiro atoms. The second-order valence-electron chi connectivity index (χ2n) is 7.44. The molecule has 1 aliphatic rings. The van der Waals surface area contributed by atoms with Crippen molar-refractivity contribution in [3.63, 3.8) is 0 Å². The molecule has 176 valence electrons. The number of carbonyl (C=O) groups excluding carboxylic acids is 1. The highest BCUT2D eigenvalue weighted by Gasteiger charge is 2.27. The predicted molar refractivity (Wildman–Crippen MR) is 136 cm³/mol. The summed E-state index contributed by atoms with van der Waals surface area (Å²) in [6.45, 7) is -0.456. The van der Waals surface area contributed by atoms with Crippen LogP contribution in [-0.2, 0) is 14.8 Å². The second kappa shape index (κ2) is 10.9. The third-order valence-corrected chi connectivity index (χ3v) is 8.18. The zero-order valence-corrected chi connectivity index (χ0v) is 20.4. The van der Waals surface area contributed by atoms with E-state index in [0.29, 0.717) is 10.7 Å². The van der Waals surface area contributed by atoms with Crippen LogP contribution in [-0.4, -0.2) is 44.7 Å². The lowest BCUT2D eigenvalue weighted by molar-refractivity contribution is -0.119. The van der Waals surface area contributed by atoms with Crippen molar-refractivity contribution in [2.24, 2.45) is 5.10 Å². The van der Waals surface area contributed by atoms with Crippen LogP contribution >= 0.6 is 23.4 Å². The molecule has 10 heteroatoms. The molecule has 0 aliphatic carbocycles. The van der Waals surface area contributed by atoms with Crippen molar-refractivity contribution in [2.75, 3.05) is 22.4 Å². The van der Waals surface area contributed by atoms with Crippen LogP contribution in [0.3, 0.4) is 0 Å². The Kier molecular flexibility index (Phi) is 7.77. The number of benzene rings is 3. The molecule has 1 heterocycles. The molecule has 1 fully saturated rings. The lowest BCUT2D eigenvalue weighted by Gasteiger charge is -2.25. The maximum absolute atomic E-state index is 13.2. The lowest BCUT2D eigenvalue weighted by Crippen LogP contribution is -2.39. The Hall–Kier alpha value is -3.01. The first kappa shape index (κ1) is 24.1. The van der Waals surface area contributed by atoms with Crippen LogP contribution < -0.4 is 14.5 Å². The smallest absolute Gasteiger partial charge is 0.264 e. The van der Waals surface area contributed by atoms with Gasteiger partial charge in [-0.15, -0.1) is 0 Å². The Morgan fingerprint density at radius 2 is 1.74 bits per heavy atom. The number of thioether (sulfide) groups is 1. The van der Waals surface area contributed by atoms with Gasteiger partial charge in [0.25, 0.3) is 15.9 Å². The molecule has 1 saturated heterocycles. The minimum absolute atomic E-state index is 0.0732. The average molecular weight is 516 g/mol. The van der Waals surface area contributed by atoms with E-state index >= 15 is 0 Å². The molecule has 0 atom stereocenters. The van der Waals surface area contributed by atoms with Crippen LogP contribution in [0, 0.1) is 0 Å². The van der Waals surface area contributed by atoms with Gasteiger partial charge < -0.3 is 4.74 Å². The standard InChI is InChI=1S/C24H22ClN3O4S2/c25-19-8-10-20(11-9-19)28(34(30,31)23-4-2-1-3-5-23)15-24(29)27-26-14-18-6-12-21(13-7-18)32-22-16-33-17-22/h1-14,22H,15-17H2,(H,27,29). The van der Waals surface area contributed by atoms with Crippen molar-refractivity contribution in [1.82, 2.24) is 5.43 Å². The normalized spacial score (nSPS) is 13.9. The van der Waals surface area contributed by atoms with Crippen LogP contribution in [0.25, 0.3) is 0 Å². The fourth-order valence-corrected chi connectivity index (χ4v) is 5.23. The third-order valence-electron chi connectivity index (χ3n) is 4.93. The summed E-state index contributed by atoms with van der Waals surface area (Å²) in [5.74, 6) is 2.20. The summed E-state index contributed by atoms with van der Waals surface area (Å²) in [6, 6.07) is 21.5. The van der Waals surface area contributed by atoms with E-state index in [1.165, 1.54) is 18.3 Å². The highest BCUT2D eigenvalue weighted by Crippen LogP contribution is 2.25. The fraction of sp³-hybridized carbons (Fsp3) is 0.167. The minimum atomic E-state index is -3.99. The Morgan fingerprint density at radius 1 is 1.06 bits per heavy atom. The Labute approximate surface area is 207 Å². The van der Waals surface area contributed by atoms with Crippen LogP contribution in [0.5, 0.6) is 5.75 Å². The summed E-state index contributed by atoms with van der Waals surface area (Å²) in [5, 5.41) is 4.42. The monoisotopic (exact) mass is 515 g/mol. The molecule has 3 aromatic carbocycles. The van der Waals surface area contributed by atoms with E-state index in [2.05, 4.69) is 10.5 Å². The van der Waals surface area contributed by atoms with Gasteiger partial charge in [0.05, 0.1) is 16.8 Å². The lowest BCUT2D eigenvalue weighted by atomic mass is 10.2. The zero-order valence-electron chi connectivity index (χ0n) is 18.0. The van der Waals surface area contributed by atoms with Crippen molar-refractivity contribution in [1.29, 1.82) is 0 Å². The average Bonchev–Trinajstić information content (AvgIpc) is 2.82. The van der Waals surface area contributed by atoms with Gasteiger partial charge in [-0.25, -0.2) is 13.8 Å². The molecule has 7 nitrogen and oxygen atoms in total. The summed E-state index contributed by atoms with van der Waals surface area (Å²) in [4.78, 5) is 12.7. The van der Waals surface area contributed by atoms with Crippen molar-refractivity contribution >= 4 is 51.2 Å². The zero-order chi connectivity index (χ0) is 24.0. The maximum atomic E-state index is 13.2. The van der Waals surface area contributed by atoms with Crippen molar-refractivity contribution in [3.05, 3.63) is 89.4 Å². The number of anilines is 1. The van der Waals surface area contributed by atoms with Gasteiger partial charge in [-0.05, 0) is 66.2 Å². The van der Waals surface area contributed by atoms with Gasteiger partial charge in [0, 0.05) is 16.5 Å². The highest BCUT2D eigenvalue weighted by atomic mass is 35.5. The number of hydrogen-bond acceptors (Lipinski definition) is 6. The highest BCUT2D eigenvalue weighted by molar-refractivity contribution is 8.00. The van der Waals surface area contributed by atoms with Gasteiger partial charge in [-0.3, -0.25) is 9.10 Å². The van der Waals surface area contributed by atoms with Gasteiger partial charge in [-0.1, -0.05) is 29.8 Å². The second-order valence-corrected chi connectivity index (χ2v) is 10.8. The molecular formula is C24H22ClN3O4S2. The Bertz CT molecular complexity index is 1250. The summed E-state index contributed by atoms with van der Waals surface area (Å²) in [7, 11) is -3.99. The van der Waals surface area contributed by atoms with Crippen LogP contribution in [0.1, 0.15) is 5.56 Å². The first-order valence-electron chi connectivity index (χ1n) is 10.4. The van der Waals surface area contributed by atoms with E-state index in [-0.39, 0.29) is 11.0 Å². The minimum Gasteiger partial charge on any atom is -0.489 e. The molecule has 0 unspecified atom stereocenters. The summed E-state index contributed by atoms with van der Waals surface area (Å²) in [6.07, 6.45) is 1.75. The molecule has 0 saturated carbocycles. The molecule has 0 aromatic heterocycles. The van der Waals surface area contributed by atoms with Gasteiger partial charge in [-0.2, -0.15) is 16.9 Å². The SMILES string of the molecule is O=C(CN(c1ccc(Cl)cc1)S(=O)(=O)c1ccccc1)NN=Cc1ccc(OC2CSC2)cc1. The van der Waals surface area contributed by atoms with Crippen molar-refractivity contribution in [3.8, 4) is 5.75 Å². The number of rotatable bonds is 9. The topological polar surface area (TPSA) is 88.1 Å². The predicted octanol–water partition coefficient (Wildman–Crippen LogP) is 4.18. The number of ether oxygens (including phenoxy) is 1. The molecule has 0 radical (unpaired) electrons. The maximum Gasteiger partial charge on any atom is 0.264 e. The molecule has 1 amide bonds. The van der Waals surface area contributed by atoms with Crippen LogP contribution in [0.4, 0.5) is 5.69 Å². The largest absolute Gasteiger partial charge is 0.489 e. The van der Waals surface area contributed by atoms with E-state index < -0.39 is 22.5 Å². The quantitative estimate of drug-likeness (QED) is 0.341. The van der Waals surface area contributed by atoms with Crippen LogP contribution in [0.15, 0.2) is 88.9 Å². The van der Waals surface area contributed by atoms with Gasteiger partial charge >= 0.3 is 0 Å². The summed E-state index contributed by atoms with van der Waals surface area (Å²) < 4.78 is 33.3. The number of nitrogens with one attached hydrogen (secondary N) is 1. The number of halogens is 1. The number of hydrazone groups is 1. The number of carbonyl (C=O) groups is 1. The molecule has 1 aliphatic heterocycles. The first-order valence-corrected chi connectivity index (χ1v) is 13.4. The molecule has 3 aromatic rings. The van der Waals surface area contributed by atoms with E-state index in [0.717, 1.165) is 27.1 Å². The number of sulfonamides is 1. The van der Waals surface area contributed by atoms with Gasteiger partial charge in [0.15, 0.2) is 0 Å². The number of nitrogens with zero attached hydrogens (tertiary/aromatic N) is 2. The molecule has 1 N–H and O–H groups in total. The van der Waals surface area contributed by atoms with Crippen molar-refractivity contribution in [2.45, 2.75) is 11.0 Å². The fourth-order valence-electron chi connectivity index (χ4n) is 3.09. The molecular weight excluding hydrogens is 494 g/mol. The number of amides is 1. The third kappa shape index (κ3) is 6.11. The van der Waals surface area contributed by atoms with E-state index in [9.17, 15) is 13.2 Å². The first-order chi connectivity index (χ1) is 16.4. The van der Waals surface area contributed by atoms with Crippen molar-refractivity contribution < 1.29 is 17.9 Å². The Balaban J connectivity index is 1.43. The van der Waals surface area contributed by atoms with E-state index in [4.69, 9.17) is 16.3 Å². The van der Waals surface area contributed by atoms with E-state index in [1.807, 2.05) is 36.0 Å². The van der Waals surface area contributed by atoms with Gasteiger partial charge in [0.2, 0.25) is 0 Å². The molecule has 0 bridgehead atoms. The summed E-state index contributed by atoms with van der Waals surface area (Å²) >= 11 is 7.80. The van der Waals surface area contributed by atoms with E-state index in [1.54, 1.807) is 42.5 Å². The van der Waals surface area contributed by atoms with Crippen LogP contribution in [0.2, 0.25) is 5.02 Å². The molecule has 4 rings (SSSR count). The van der Waals surface area contributed by atoms with Gasteiger partial charge in [0.1, 0.15) is 18.4 Å². The summed E-state index contributed by atoms with van der Waals surface area (Å²) in [5.41, 5.74) is 3.47. The molecule has 34 heavy (non-hydrogen) atoms.